The second-order valence-corrected chi connectivity index (χ2v) is 7.56. The maximum absolute atomic E-state index is 12.4. The standard InChI is InChI=1S/C19H23ClN4O3S/c1-3-8-24-18(14(2)27-16-7-5-4-6-15(16)20)21-22-19(24)28-13-17(25)23-9-11-26-12-10-23/h3-7,14H,1,8-13H2,2H3. The lowest BCUT2D eigenvalue weighted by molar-refractivity contribution is -0.132. The van der Waals surface area contributed by atoms with E-state index in [4.69, 9.17) is 21.1 Å². The predicted molar refractivity (Wildman–Crippen MR) is 109 cm³/mol. The molecule has 1 aliphatic rings. The van der Waals surface area contributed by atoms with Crippen molar-refractivity contribution < 1.29 is 14.3 Å². The van der Waals surface area contributed by atoms with Crippen LogP contribution in [0.4, 0.5) is 0 Å². The van der Waals surface area contributed by atoms with E-state index < -0.39 is 0 Å². The molecule has 0 spiro atoms. The first-order valence-corrected chi connectivity index (χ1v) is 10.4. The van der Waals surface area contributed by atoms with Gasteiger partial charge in [-0.1, -0.05) is 41.6 Å². The molecule has 150 valence electrons. The highest BCUT2D eigenvalue weighted by atomic mass is 35.5. The minimum absolute atomic E-state index is 0.0726. The number of para-hydroxylation sites is 1. The Hall–Kier alpha value is -2.03. The summed E-state index contributed by atoms with van der Waals surface area (Å²) >= 11 is 7.55. The molecule has 1 unspecified atom stereocenters. The molecule has 28 heavy (non-hydrogen) atoms. The Labute approximate surface area is 173 Å². The fourth-order valence-corrected chi connectivity index (χ4v) is 3.86. The van der Waals surface area contributed by atoms with Crippen LogP contribution >= 0.6 is 23.4 Å². The molecule has 1 atom stereocenters. The van der Waals surface area contributed by atoms with E-state index in [-0.39, 0.29) is 12.0 Å². The predicted octanol–water partition coefficient (Wildman–Crippen LogP) is 3.21. The van der Waals surface area contributed by atoms with E-state index in [2.05, 4.69) is 16.8 Å². The zero-order valence-corrected chi connectivity index (χ0v) is 17.3. The molecule has 1 aromatic heterocycles. The molecular weight excluding hydrogens is 400 g/mol. The summed E-state index contributed by atoms with van der Waals surface area (Å²) < 4.78 is 13.2. The van der Waals surface area contributed by atoms with Gasteiger partial charge in [0.25, 0.3) is 0 Å². The Bertz CT molecular complexity index is 823. The van der Waals surface area contributed by atoms with Crippen molar-refractivity contribution in [2.75, 3.05) is 32.1 Å². The first kappa shape index (κ1) is 20.7. The number of thioether (sulfide) groups is 1. The van der Waals surface area contributed by atoms with Crippen LogP contribution in [0.25, 0.3) is 0 Å². The van der Waals surface area contributed by atoms with Crippen molar-refractivity contribution in [2.24, 2.45) is 0 Å². The Morgan fingerprint density at radius 1 is 1.39 bits per heavy atom. The van der Waals surface area contributed by atoms with Gasteiger partial charge in [0.1, 0.15) is 5.75 Å². The number of carbonyl (C=O) groups is 1. The number of amides is 1. The van der Waals surface area contributed by atoms with Gasteiger partial charge in [0.2, 0.25) is 5.91 Å². The number of allylic oxidation sites excluding steroid dienone is 1. The molecule has 1 fully saturated rings. The van der Waals surface area contributed by atoms with E-state index in [0.717, 1.165) is 0 Å². The summed E-state index contributed by atoms with van der Waals surface area (Å²) in [6.45, 7) is 8.65. The highest BCUT2D eigenvalue weighted by Gasteiger charge is 2.22. The van der Waals surface area contributed by atoms with E-state index in [1.165, 1.54) is 11.8 Å². The number of halogens is 1. The van der Waals surface area contributed by atoms with Gasteiger partial charge in [-0.3, -0.25) is 9.36 Å². The second kappa shape index (κ2) is 9.95. The van der Waals surface area contributed by atoms with Crippen LogP contribution < -0.4 is 4.74 Å². The van der Waals surface area contributed by atoms with Crippen LogP contribution in [0.3, 0.4) is 0 Å². The summed E-state index contributed by atoms with van der Waals surface area (Å²) in [5.74, 6) is 1.61. The lowest BCUT2D eigenvalue weighted by atomic mass is 10.3. The summed E-state index contributed by atoms with van der Waals surface area (Å²) in [7, 11) is 0. The van der Waals surface area contributed by atoms with Crippen molar-refractivity contribution in [3.8, 4) is 5.75 Å². The number of rotatable bonds is 8. The molecule has 1 saturated heterocycles. The summed E-state index contributed by atoms with van der Waals surface area (Å²) in [6.07, 6.45) is 1.40. The lowest BCUT2D eigenvalue weighted by Crippen LogP contribution is -2.41. The molecule has 0 saturated carbocycles. The van der Waals surface area contributed by atoms with Crippen LogP contribution in [-0.2, 0) is 16.1 Å². The highest BCUT2D eigenvalue weighted by Crippen LogP contribution is 2.29. The topological polar surface area (TPSA) is 69.5 Å². The number of morpholine rings is 1. The summed E-state index contributed by atoms with van der Waals surface area (Å²) in [6, 6.07) is 7.29. The number of aromatic nitrogens is 3. The Kier molecular flexibility index (Phi) is 7.36. The second-order valence-electron chi connectivity index (χ2n) is 6.21. The van der Waals surface area contributed by atoms with Gasteiger partial charge in [-0.2, -0.15) is 0 Å². The van der Waals surface area contributed by atoms with E-state index in [1.54, 1.807) is 12.1 Å². The Balaban J connectivity index is 1.69. The van der Waals surface area contributed by atoms with Crippen molar-refractivity contribution in [3.63, 3.8) is 0 Å². The minimum Gasteiger partial charge on any atom is -0.481 e. The SMILES string of the molecule is C=CCn1c(SCC(=O)N2CCOCC2)nnc1C(C)Oc1ccccc1Cl. The molecule has 1 amide bonds. The average Bonchev–Trinajstić information content (AvgIpc) is 3.11. The normalized spacial score (nSPS) is 15.3. The van der Waals surface area contributed by atoms with Gasteiger partial charge >= 0.3 is 0 Å². The van der Waals surface area contributed by atoms with Crippen LogP contribution in [0.15, 0.2) is 42.1 Å². The maximum atomic E-state index is 12.4. The van der Waals surface area contributed by atoms with Gasteiger partial charge in [0, 0.05) is 19.6 Å². The molecule has 3 rings (SSSR count). The summed E-state index contributed by atoms with van der Waals surface area (Å²) in [5.41, 5.74) is 0. The van der Waals surface area contributed by atoms with Crippen LogP contribution in [0.2, 0.25) is 5.02 Å². The number of benzene rings is 1. The van der Waals surface area contributed by atoms with Crippen LogP contribution in [0.1, 0.15) is 18.9 Å². The average molecular weight is 423 g/mol. The van der Waals surface area contributed by atoms with E-state index in [1.807, 2.05) is 34.6 Å². The molecule has 1 aliphatic heterocycles. The third-order valence-electron chi connectivity index (χ3n) is 4.25. The first-order valence-electron chi connectivity index (χ1n) is 9.03. The molecule has 7 nitrogen and oxygen atoms in total. The maximum Gasteiger partial charge on any atom is 0.233 e. The highest BCUT2D eigenvalue weighted by molar-refractivity contribution is 7.99. The van der Waals surface area contributed by atoms with Crippen LogP contribution in [-0.4, -0.2) is 57.6 Å². The van der Waals surface area contributed by atoms with Gasteiger partial charge in [-0.15, -0.1) is 16.8 Å². The molecule has 2 heterocycles. The van der Waals surface area contributed by atoms with Gasteiger partial charge in [-0.25, -0.2) is 0 Å². The van der Waals surface area contributed by atoms with E-state index >= 15 is 0 Å². The number of hydrogen-bond acceptors (Lipinski definition) is 6. The molecule has 9 heteroatoms. The van der Waals surface area contributed by atoms with E-state index in [0.29, 0.717) is 60.4 Å². The monoisotopic (exact) mass is 422 g/mol. The fourth-order valence-electron chi connectivity index (χ4n) is 2.82. The molecule has 0 radical (unpaired) electrons. The quantitative estimate of drug-likeness (QED) is 0.480. The van der Waals surface area contributed by atoms with E-state index in [9.17, 15) is 4.79 Å². The lowest BCUT2D eigenvalue weighted by Gasteiger charge is -2.26. The molecule has 0 N–H and O–H groups in total. The third kappa shape index (κ3) is 5.06. The number of ether oxygens (including phenoxy) is 2. The molecule has 0 aliphatic carbocycles. The largest absolute Gasteiger partial charge is 0.481 e. The van der Waals surface area contributed by atoms with Crippen molar-refractivity contribution in [1.29, 1.82) is 0 Å². The molecule has 0 bridgehead atoms. The minimum atomic E-state index is -0.364. The number of carbonyl (C=O) groups excluding carboxylic acids is 1. The molecule has 1 aromatic carbocycles. The van der Waals surface area contributed by atoms with Gasteiger partial charge in [0.05, 0.1) is 24.0 Å². The van der Waals surface area contributed by atoms with Crippen molar-refractivity contribution >= 4 is 29.3 Å². The Morgan fingerprint density at radius 2 is 2.14 bits per heavy atom. The van der Waals surface area contributed by atoms with Crippen molar-refractivity contribution in [2.45, 2.75) is 24.7 Å². The van der Waals surface area contributed by atoms with Gasteiger partial charge in [0.15, 0.2) is 17.1 Å². The third-order valence-corrected chi connectivity index (χ3v) is 5.51. The Morgan fingerprint density at radius 3 is 2.86 bits per heavy atom. The summed E-state index contributed by atoms with van der Waals surface area (Å²) in [5, 5.41) is 9.73. The zero-order valence-electron chi connectivity index (χ0n) is 15.7. The number of hydrogen-bond donors (Lipinski definition) is 0. The van der Waals surface area contributed by atoms with Crippen LogP contribution in [0, 0.1) is 0 Å². The van der Waals surface area contributed by atoms with Crippen molar-refractivity contribution in [1.82, 2.24) is 19.7 Å². The van der Waals surface area contributed by atoms with Crippen LogP contribution in [0.5, 0.6) is 5.75 Å². The first-order chi connectivity index (χ1) is 13.6. The van der Waals surface area contributed by atoms with Crippen molar-refractivity contribution in [3.05, 3.63) is 47.8 Å². The molecular formula is C19H23ClN4O3S. The fraction of sp³-hybridized carbons (Fsp3) is 0.421. The zero-order chi connectivity index (χ0) is 19.9. The number of nitrogens with zero attached hydrogens (tertiary/aromatic N) is 4. The van der Waals surface area contributed by atoms with Gasteiger partial charge < -0.3 is 14.4 Å². The molecule has 2 aromatic rings. The smallest absolute Gasteiger partial charge is 0.233 e. The summed E-state index contributed by atoms with van der Waals surface area (Å²) in [4.78, 5) is 14.2. The van der Waals surface area contributed by atoms with Gasteiger partial charge in [-0.05, 0) is 19.1 Å².